The largest absolute Gasteiger partial charge is 0.478 e. The summed E-state index contributed by atoms with van der Waals surface area (Å²) in [7, 11) is -1.40. The molecule has 0 saturated carbocycles. The first-order valence-electron chi connectivity index (χ1n) is 5.61. The van der Waals surface area contributed by atoms with Gasteiger partial charge in [0.1, 0.15) is 0 Å². The average molecular weight is 292 g/mol. The van der Waals surface area contributed by atoms with Crippen LogP contribution in [0.15, 0.2) is 46.4 Å². The number of nitrogens with two attached hydrogens (primary N) is 1. The number of aliphatic carboxylic acids is 2. The second-order valence-corrected chi connectivity index (χ2v) is 5.70. The van der Waals surface area contributed by atoms with E-state index >= 15 is 0 Å². The van der Waals surface area contributed by atoms with Crippen molar-refractivity contribution in [1.29, 1.82) is 4.78 Å². The lowest BCUT2D eigenvalue weighted by Crippen LogP contribution is -2.27. The van der Waals surface area contributed by atoms with Crippen molar-refractivity contribution in [2.45, 2.75) is 5.37 Å². The second-order valence-electron chi connectivity index (χ2n) is 4.08. The molecule has 2 rings (SSSR count). The molecule has 0 saturated heterocycles. The SMILES string of the molecule is N=S1C(=Cc2ccccc2)C(C(=O)O)=C(C(=O)O)C1N. The minimum absolute atomic E-state index is 0.147. The van der Waals surface area contributed by atoms with Crippen molar-refractivity contribution < 1.29 is 19.8 Å². The minimum atomic E-state index is -1.40. The number of rotatable bonds is 3. The van der Waals surface area contributed by atoms with Crippen molar-refractivity contribution in [3.05, 3.63) is 51.9 Å². The fourth-order valence-corrected chi connectivity index (χ4v) is 3.33. The Bertz CT molecular complexity index is 664. The molecule has 1 aromatic rings. The van der Waals surface area contributed by atoms with E-state index in [1.165, 1.54) is 6.08 Å². The Balaban J connectivity index is 2.63. The van der Waals surface area contributed by atoms with Crippen LogP contribution in [0.1, 0.15) is 5.56 Å². The van der Waals surface area contributed by atoms with Gasteiger partial charge in [0.05, 0.1) is 16.5 Å². The number of nitrogens with one attached hydrogen (secondary N) is 1. The summed E-state index contributed by atoms with van der Waals surface area (Å²) in [5.41, 5.74) is 5.60. The number of hydrogen-bond donors (Lipinski definition) is 4. The van der Waals surface area contributed by atoms with Crippen molar-refractivity contribution in [3.63, 3.8) is 0 Å². The van der Waals surface area contributed by atoms with Gasteiger partial charge in [-0.25, -0.2) is 9.59 Å². The normalized spacial score (nSPS) is 24.1. The zero-order valence-corrected chi connectivity index (χ0v) is 11.1. The Morgan fingerprint density at radius 2 is 1.80 bits per heavy atom. The van der Waals surface area contributed by atoms with Crippen molar-refractivity contribution in [2.75, 3.05) is 0 Å². The minimum Gasteiger partial charge on any atom is -0.478 e. The summed E-state index contributed by atoms with van der Waals surface area (Å²) in [6.07, 6.45) is 1.51. The van der Waals surface area contributed by atoms with E-state index in [1.54, 1.807) is 30.3 Å². The highest BCUT2D eigenvalue weighted by molar-refractivity contribution is 7.91. The lowest BCUT2D eigenvalue weighted by molar-refractivity contribution is -0.135. The fraction of sp³-hybridized carbons (Fsp3) is 0.0769. The quantitative estimate of drug-likeness (QED) is 0.665. The van der Waals surface area contributed by atoms with E-state index in [0.29, 0.717) is 5.56 Å². The summed E-state index contributed by atoms with van der Waals surface area (Å²) < 4.78 is 7.96. The maximum absolute atomic E-state index is 11.3. The molecule has 0 amide bonds. The van der Waals surface area contributed by atoms with Gasteiger partial charge in [0.2, 0.25) is 0 Å². The summed E-state index contributed by atoms with van der Waals surface area (Å²) in [5, 5.41) is 17.2. The van der Waals surface area contributed by atoms with Crippen LogP contribution in [0.5, 0.6) is 0 Å². The van der Waals surface area contributed by atoms with Crippen LogP contribution in [0.3, 0.4) is 0 Å². The van der Waals surface area contributed by atoms with Gasteiger partial charge in [-0.2, -0.15) is 0 Å². The highest BCUT2D eigenvalue weighted by Gasteiger charge is 2.38. The van der Waals surface area contributed by atoms with Gasteiger partial charge in [-0.1, -0.05) is 30.3 Å². The first-order valence-corrected chi connectivity index (χ1v) is 6.90. The molecule has 20 heavy (non-hydrogen) atoms. The van der Waals surface area contributed by atoms with Crippen LogP contribution in [0.4, 0.5) is 0 Å². The Hall–Kier alpha value is -2.25. The van der Waals surface area contributed by atoms with Crippen molar-refractivity contribution in [3.8, 4) is 0 Å². The first kappa shape index (κ1) is 14.2. The van der Waals surface area contributed by atoms with Gasteiger partial charge in [-0.15, -0.1) is 0 Å². The molecule has 0 fully saturated rings. The number of carboxylic acid groups (broad SMARTS) is 2. The van der Waals surface area contributed by atoms with Crippen LogP contribution < -0.4 is 5.73 Å². The molecule has 2 atom stereocenters. The standard InChI is InChI=1S/C13H12N2O4S/c14-11-10(13(18)19)9(12(16)17)8(20(11)15)6-7-4-2-1-3-5-7/h1-6,11,15H,14H2,(H,16,17)(H,18,19). The molecule has 0 radical (unpaired) electrons. The monoisotopic (exact) mass is 292 g/mol. The number of carbonyl (C=O) groups is 2. The molecule has 0 aromatic heterocycles. The molecule has 5 N–H and O–H groups in total. The van der Waals surface area contributed by atoms with Gasteiger partial charge in [-0.3, -0.25) is 4.78 Å². The summed E-state index contributed by atoms with van der Waals surface area (Å²) >= 11 is 0. The summed E-state index contributed by atoms with van der Waals surface area (Å²) in [6.45, 7) is 0. The molecule has 0 bridgehead atoms. The average Bonchev–Trinajstić information content (AvgIpc) is 2.65. The molecular formula is C13H12N2O4S. The van der Waals surface area contributed by atoms with Crippen LogP contribution in [-0.2, 0) is 20.3 Å². The maximum Gasteiger partial charge on any atom is 0.337 e. The molecular weight excluding hydrogens is 280 g/mol. The third-order valence-corrected chi connectivity index (χ3v) is 4.37. The Morgan fingerprint density at radius 3 is 2.30 bits per heavy atom. The van der Waals surface area contributed by atoms with E-state index in [0.717, 1.165) is 0 Å². The van der Waals surface area contributed by atoms with Crippen molar-refractivity contribution in [1.82, 2.24) is 0 Å². The molecule has 1 aliphatic heterocycles. The van der Waals surface area contributed by atoms with E-state index in [2.05, 4.69) is 0 Å². The summed E-state index contributed by atoms with van der Waals surface area (Å²) in [5.74, 6) is -2.77. The van der Waals surface area contributed by atoms with E-state index < -0.39 is 33.6 Å². The van der Waals surface area contributed by atoms with Crippen LogP contribution in [-0.4, -0.2) is 27.5 Å². The number of carboxylic acids is 2. The van der Waals surface area contributed by atoms with Crippen molar-refractivity contribution in [2.24, 2.45) is 5.73 Å². The Kier molecular flexibility index (Phi) is 3.82. The third-order valence-electron chi connectivity index (χ3n) is 2.83. The van der Waals surface area contributed by atoms with Gasteiger partial charge < -0.3 is 15.9 Å². The lowest BCUT2D eigenvalue weighted by Gasteiger charge is -2.06. The maximum atomic E-state index is 11.3. The fourth-order valence-electron chi connectivity index (χ4n) is 1.93. The molecule has 7 heteroatoms. The first-order chi connectivity index (χ1) is 9.43. The van der Waals surface area contributed by atoms with Gasteiger partial charge in [0.15, 0.2) is 0 Å². The van der Waals surface area contributed by atoms with Crippen LogP contribution in [0, 0.1) is 4.78 Å². The Labute approximate surface area is 117 Å². The number of benzene rings is 1. The van der Waals surface area contributed by atoms with E-state index in [9.17, 15) is 14.7 Å². The molecule has 1 aliphatic rings. The molecule has 6 nitrogen and oxygen atoms in total. The van der Waals surface area contributed by atoms with Crippen LogP contribution in [0.25, 0.3) is 6.08 Å². The zero-order chi connectivity index (χ0) is 14.9. The predicted molar refractivity (Wildman–Crippen MR) is 74.8 cm³/mol. The smallest absolute Gasteiger partial charge is 0.337 e. The van der Waals surface area contributed by atoms with E-state index in [1.807, 2.05) is 0 Å². The predicted octanol–water partition coefficient (Wildman–Crippen LogP) is 1.17. The highest BCUT2D eigenvalue weighted by Crippen LogP contribution is 2.33. The number of hydrogen-bond acceptors (Lipinski definition) is 4. The van der Waals surface area contributed by atoms with E-state index in [4.69, 9.17) is 15.6 Å². The lowest BCUT2D eigenvalue weighted by atomic mass is 10.1. The second kappa shape index (κ2) is 5.40. The zero-order valence-electron chi connectivity index (χ0n) is 10.2. The third kappa shape index (κ3) is 2.40. The molecule has 104 valence electrons. The van der Waals surface area contributed by atoms with Crippen LogP contribution >= 0.6 is 0 Å². The topological polar surface area (TPSA) is 124 Å². The Morgan fingerprint density at radius 1 is 1.20 bits per heavy atom. The molecule has 0 spiro atoms. The van der Waals surface area contributed by atoms with Gasteiger partial charge >= 0.3 is 11.9 Å². The summed E-state index contributed by atoms with van der Waals surface area (Å²) in [6, 6.07) is 8.83. The van der Waals surface area contributed by atoms with Crippen molar-refractivity contribution >= 4 is 28.7 Å². The summed E-state index contributed by atoms with van der Waals surface area (Å²) in [4.78, 5) is 22.6. The van der Waals surface area contributed by atoms with E-state index in [-0.39, 0.29) is 10.5 Å². The molecule has 2 unspecified atom stereocenters. The highest BCUT2D eigenvalue weighted by atomic mass is 32.2. The molecule has 1 aromatic carbocycles. The molecule has 0 aliphatic carbocycles. The molecule has 1 heterocycles. The van der Waals surface area contributed by atoms with Crippen LogP contribution in [0.2, 0.25) is 0 Å². The van der Waals surface area contributed by atoms with Gasteiger partial charge in [0, 0.05) is 4.91 Å². The van der Waals surface area contributed by atoms with Gasteiger partial charge in [-0.05, 0) is 22.3 Å². The van der Waals surface area contributed by atoms with Gasteiger partial charge in [0.25, 0.3) is 0 Å².